The van der Waals surface area contributed by atoms with Crippen LogP contribution in [-0.4, -0.2) is 145 Å². The van der Waals surface area contributed by atoms with E-state index < -0.39 is 211 Å². The van der Waals surface area contributed by atoms with Crippen LogP contribution in [0.15, 0.2) is 36.1 Å². The number of fused-ring (bicyclic) bond motifs is 6. The van der Waals surface area contributed by atoms with Gasteiger partial charge in [0, 0.05) is 22.3 Å². The number of phenolic OH excluding ortho intramolecular Hbond substituents is 12. The third-order valence-corrected chi connectivity index (χ3v) is 10.8. The lowest BCUT2D eigenvalue weighted by Crippen LogP contribution is -2.63. The SMILES string of the molecule is O=C1CC2C(=O)O[C@H]3[C@H](OC(=O)c4cc(O)c(O)c(O)c4)O[C@@H]4COC(=O)c5cc(O)c(O)c(O)c5-c5c(cc(O)c(O)c5O)C(=O)O[C@H]3[C@@H]4OC(=O)c3cc(O)c(O)c(O)c3C2=C(C(=O)O)O1. The molecule has 0 radical (unpaired) electrons. The number of carboxylic acids is 1. The molecule has 4 aliphatic heterocycles. The Balaban J connectivity index is 1.40. The zero-order valence-corrected chi connectivity index (χ0v) is 33.3. The van der Waals surface area contributed by atoms with Gasteiger partial charge in [0.1, 0.15) is 12.7 Å². The third-order valence-electron chi connectivity index (χ3n) is 10.8. The van der Waals surface area contributed by atoms with Gasteiger partial charge in [-0.3, -0.25) is 9.59 Å². The van der Waals surface area contributed by atoms with Crippen LogP contribution in [0.5, 0.6) is 69.0 Å². The summed E-state index contributed by atoms with van der Waals surface area (Å²) in [5, 5.41) is 137. The van der Waals surface area contributed by atoms with Crippen molar-refractivity contribution in [2.45, 2.75) is 37.1 Å². The van der Waals surface area contributed by atoms with Crippen LogP contribution in [0.3, 0.4) is 0 Å². The first-order chi connectivity index (χ1) is 32.0. The predicted molar refractivity (Wildman–Crippen MR) is 206 cm³/mol. The highest BCUT2D eigenvalue weighted by atomic mass is 16.7. The second-order valence-electron chi connectivity index (χ2n) is 14.9. The molecule has 4 aromatic carbocycles. The van der Waals surface area contributed by atoms with Crippen molar-refractivity contribution in [2.24, 2.45) is 5.92 Å². The van der Waals surface area contributed by atoms with Crippen LogP contribution in [-0.2, 0) is 47.5 Å². The number of aromatic hydroxyl groups is 12. The van der Waals surface area contributed by atoms with E-state index in [4.69, 9.17) is 33.2 Å². The molecule has 4 aliphatic rings. The molecule has 0 aliphatic carbocycles. The summed E-state index contributed by atoms with van der Waals surface area (Å²) in [7, 11) is 0. The normalized spacial score (nSPS) is 22.3. The van der Waals surface area contributed by atoms with E-state index in [-0.39, 0.29) is 0 Å². The van der Waals surface area contributed by atoms with Crippen molar-refractivity contribution in [2.75, 3.05) is 6.61 Å². The number of esters is 6. The first kappa shape index (κ1) is 45.1. The summed E-state index contributed by atoms with van der Waals surface area (Å²) in [6.45, 7) is -1.31. The molecule has 13 N–H and O–H groups in total. The number of hydrogen-bond acceptors (Lipinski definition) is 26. The fourth-order valence-electron chi connectivity index (χ4n) is 7.71. The van der Waals surface area contributed by atoms with E-state index in [1.165, 1.54) is 0 Å². The number of carbonyl (C=O) groups is 7. The first-order valence-electron chi connectivity index (χ1n) is 18.9. The number of carbonyl (C=O) groups excluding carboxylic acids is 6. The lowest BCUT2D eigenvalue weighted by molar-refractivity contribution is -0.288. The summed E-state index contributed by atoms with van der Waals surface area (Å²) in [5.74, 6) is -32.1. The zero-order chi connectivity index (χ0) is 49.5. The summed E-state index contributed by atoms with van der Waals surface area (Å²) in [6.07, 6.45) is -13.6. The van der Waals surface area contributed by atoms with Crippen LogP contribution >= 0.6 is 0 Å². The second-order valence-corrected chi connectivity index (χ2v) is 14.9. The molecular weight excluding hydrogens is 924 g/mol. The van der Waals surface area contributed by atoms with Crippen LogP contribution < -0.4 is 0 Å². The Kier molecular flexibility index (Phi) is 10.7. The smallest absolute Gasteiger partial charge is 0.372 e. The number of rotatable bonds is 3. The number of ether oxygens (including phenoxy) is 7. The van der Waals surface area contributed by atoms with Crippen molar-refractivity contribution in [3.05, 3.63) is 63.9 Å². The minimum Gasteiger partial charge on any atom is -0.504 e. The van der Waals surface area contributed by atoms with E-state index in [1.807, 2.05) is 0 Å². The molecule has 68 heavy (non-hydrogen) atoms. The maximum Gasteiger partial charge on any atom is 0.372 e. The molecule has 4 bridgehead atoms. The van der Waals surface area contributed by atoms with Gasteiger partial charge in [-0.1, -0.05) is 0 Å². The van der Waals surface area contributed by atoms with Gasteiger partial charge in [-0.05, 0) is 30.3 Å². The maximum absolute atomic E-state index is 14.6. The van der Waals surface area contributed by atoms with E-state index in [2.05, 4.69) is 0 Å². The van der Waals surface area contributed by atoms with Gasteiger partial charge in [-0.15, -0.1) is 0 Å². The molecule has 1 fully saturated rings. The lowest BCUT2D eigenvalue weighted by atomic mass is 9.84. The Morgan fingerprint density at radius 2 is 1.01 bits per heavy atom. The highest BCUT2D eigenvalue weighted by Gasteiger charge is 2.57. The van der Waals surface area contributed by atoms with Crippen molar-refractivity contribution in [1.29, 1.82) is 0 Å². The molecule has 0 saturated carbocycles. The molecule has 354 valence electrons. The fraction of sp³-hybridized carbons (Fsp3) is 0.195. The Labute approximate surface area is 373 Å². The molecule has 0 aromatic heterocycles. The topological polar surface area (TPSA) is 447 Å². The van der Waals surface area contributed by atoms with E-state index >= 15 is 0 Å². The molecule has 8 rings (SSSR count). The van der Waals surface area contributed by atoms with Gasteiger partial charge in [0.05, 0.1) is 34.6 Å². The van der Waals surface area contributed by atoms with Crippen molar-refractivity contribution >= 4 is 47.4 Å². The highest BCUT2D eigenvalue weighted by molar-refractivity contribution is 6.11. The molecule has 27 nitrogen and oxygen atoms in total. The summed E-state index contributed by atoms with van der Waals surface area (Å²) in [4.78, 5) is 96.8. The summed E-state index contributed by atoms with van der Waals surface area (Å²) in [6, 6.07) is 2.29. The molecular formula is C41H28O27. The first-order valence-corrected chi connectivity index (χ1v) is 18.9. The number of phenols is 12. The molecule has 0 spiro atoms. The van der Waals surface area contributed by atoms with Crippen LogP contribution in [0.25, 0.3) is 16.7 Å². The van der Waals surface area contributed by atoms with Crippen molar-refractivity contribution in [1.82, 2.24) is 0 Å². The van der Waals surface area contributed by atoms with E-state index in [0.29, 0.717) is 30.3 Å². The predicted octanol–water partition coefficient (Wildman–Crippen LogP) is 0.608. The van der Waals surface area contributed by atoms with E-state index in [9.17, 15) is 99.9 Å². The van der Waals surface area contributed by atoms with Gasteiger partial charge in [-0.25, -0.2) is 24.0 Å². The number of carboxylic acid groups (broad SMARTS) is 1. The summed E-state index contributed by atoms with van der Waals surface area (Å²) >= 11 is 0. The van der Waals surface area contributed by atoms with Gasteiger partial charge < -0.3 is 99.5 Å². The van der Waals surface area contributed by atoms with Crippen molar-refractivity contribution in [3.63, 3.8) is 0 Å². The summed E-state index contributed by atoms with van der Waals surface area (Å²) in [5.41, 5.74) is -8.56. The number of cyclic esters (lactones) is 2. The lowest BCUT2D eigenvalue weighted by Gasteiger charge is -2.44. The van der Waals surface area contributed by atoms with Crippen LogP contribution in [0.1, 0.15) is 53.4 Å². The molecule has 1 unspecified atom stereocenters. The molecule has 1 saturated heterocycles. The van der Waals surface area contributed by atoms with Gasteiger partial charge in [0.2, 0.25) is 35.4 Å². The minimum absolute atomic E-state index is 0.359. The zero-order valence-electron chi connectivity index (χ0n) is 33.3. The van der Waals surface area contributed by atoms with E-state index in [1.54, 1.807) is 0 Å². The maximum atomic E-state index is 14.6. The van der Waals surface area contributed by atoms with Crippen LogP contribution in [0.2, 0.25) is 0 Å². The largest absolute Gasteiger partial charge is 0.504 e. The Morgan fingerprint density at radius 1 is 0.544 bits per heavy atom. The Hall–Kier alpha value is -9.53. The molecule has 6 atom stereocenters. The second kappa shape index (κ2) is 16.2. The Morgan fingerprint density at radius 3 is 1.54 bits per heavy atom. The number of aliphatic carboxylic acids is 1. The van der Waals surface area contributed by atoms with Gasteiger partial charge >= 0.3 is 41.8 Å². The van der Waals surface area contributed by atoms with E-state index in [0.717, 1.165) is 0 Å². The average Bonchev–Trinajstić information content (AvgIpc) is 3.29. The Bertz CT molecular complexity index is 2980. The van der Waals surface area contributed by atoms with Gasteiger partial charge in [0.15, 0.2) is 64.0 Å². The monoisotopic (exact) mass is 952 g/mol. The molecule has 0 amide bonds. The minimum atomic E-state index is -2.60. The molecule has 4 aromatic rings. The number of hydrogen-bond donors (Lipinski definition) is 13. The third kappa shape index (κ3) is 7.19. The van der Waals surface area contributed by atoms with Gasteiger partial charge in [-0.2, -0.15) is 0 Å². The van der Waals surface area contributed by atoms with Crippen LogP contribution in [0, 0.1) is 5.92 Å². The quantitative estimate of drug-likeness (QED) is 0.0760. The average molecular weight is 953 g/mol. The van der Waals surface area contributed by atoms with Crippen molar-refractivity contribution in [3.8, 4) is 80.1 Å². The molecule has 4 heterocycles. The number of benzene rings is 4. The molecule has 27 heteroatoms. The van der Waals surface area contributed by atoms with Crippen molar-refractivity contribution < 1.29 is 133 Å². The van der Waals surface area contributed by atoms with Gasteiger partial charge in [0.25, 0.3) is 0 Å². The summed E-state index contributed by atoms with van der Waals surface area (Å²) < 4.78 is 38.6. The van der Waals surface area contributed by atoms with Crippen LogP contribution in [0.4, 0.5) is 0 Å². The highest BCUT2D eigenvalue weighted by Crippen LogP contribution is 2.54. The fourth-order valence-corrected chi connectivity index (χ4v) is 7.71. The standard InChI is InChI=1S/C41H28O27/c42-13-1-8(2-14(43)24(13)48)36(57)68-41-34-33-31(65-38(59)11-5-17(46)27(51)30(54)22(11)23-12(40(61)67-34)6-19(47)64-32(23)35(55)56)18(63-41)7-62-37(58)9-3-15(44)25(49)28(52)20(9)21-10(39(60)66-33)4-16(45)26(50)29(21)53/h1-5,12,18,31,33-34,41-46,48-54H,6-7H2,(H,55,56)/t12?,18-,31-,33+,34-,41+/m1/s1.